The highest BCUT2D eigenvalue weighted by Crippen LogP contribution is 2.48. The third-order valence-electron chi connectivity index (χ3n) is 5.14. The molecule has 2 fully saturated rings. The first kappa shape index (κ1) is 13.4. The molecule has 2 nitrogen and oxygen atoms in total. The van der Waals surface area contributed by atoms with Crippen LogP contribution in [0.15, 0.2) is 24.3 Å². The van der Waals surface area contributed by atoms with Crippen molar-refractivity contribution in [2.24, 2.45) is 5.41 Å². The molecule has 1 aromatic carbocycles. The topological polar surface area (TPSA) is 15.3 Å². The average molecular weight is 279 g/mol. The van der Waals surface area contributed by atoms with Crippen molar-refractivity contribution in [3.8, 4) is 0 Å². The summed E-state index contributed by atoms with van der Waals surface area (Å²) in [5, 5.41) is 4.42. The fourth-order valence-electron chi connectivity index (χ4n) is 3.80. The van der Waals surface area contributed by atoms with E-state index in [4.69, 9.17) is 11.6 Å². The molecule has 1 aromatic rings. The maximum atomic E-state index is 6.02. The summed E-state index contributed by atoms with van der Waals surface area (Å²) >= 11 is 6.02. The van der Waals surface area contributed by atoms with E-state index in [1.165, 1.54) is 44.5 Å². The Kier molecular flexibility index (Phi) is 3.84. The highest BCUT2D eigenvalue weighted by molar-refractivity contribution is 6.30. The average Bonchev–Trinajstić information content (AvgIpc) is 2.44. The van der Waals surface area contributed by atoms with Gasteiger partial charge >= 0.3 is 0 Å². The number of piperidine rings is 2. The Hall–Kier alpha value is -0.570. The van der Waals surface area contributed by atoms with Gasteiger partial charge in [0.2, 0.25) is 0 Å². The molecule has 2 aliphatic rings. The lowest BCUT2D eigenvalue weighted by atomic mass is 9.63. The van der Waals surface area contributed by atoms with Gasteiger partial charge in [-0.1, -0.05) is 23.7 Å². The molecule has 0 amide bonds. The molecule has 2 aliphatic heterocycles. The summed E-state index contributed by atoms with van der Waals surface area (Å²) in [7, 11) is 2.24. The Morgan fingerprint density at radius 3 is 2.53 bits per heavy atom. The van der Waals surface area contributed by atoms with Crippen LogP contribution in [0, 0.1) is 5.41 Å². The summed E-state index contributed by atoms with van der Waals surface area (Å²) in [5.74, 6) is 0.646. The van der Waals surface area contributed by atoms with E-state index < -0.39 is 0 Å². The van der Waals surface area contributed by atoms with Crippen LogP contribution in [0.1, 0.15) is 30.7 Å². The van der Waals surface area contributed by atoms with Crippen LogP contribution in [-0.4, -0.2) is 38.1 Å². The number of nitrogens with zero attached hydrogens (tertiary/aromatic N) is 1. The second-order valence-electron chi connectivity index (χ2n) is 6.22. The number of rotatable bonds is 1. The monoisotopic (exact) mass is 278 g/mol. The lowest BCUT2D eigenvalue weighted by Gasteiger charge is -2.49. The summed E-state index contributed by atoms with van der Waals surface area (Å²) in [6.07, 6.45) is 3.98. The van der Waals surface area contributed by atoms with E-state index in [0.717, 1.165) is 11.6 Å². The fourth-order valence-corrected chi connectivity index (χ4v) is 3.93. The molecule has 1 N–H and O–H groups in total. The van der Waals surface area contributed by atoms with Gasteiger partial charge in [-0.2, -0.15) is 0 Å². The number of benzene rings is 1. The Morgan fingerprint density at radius 1 is 1.16 bits per heavy atom. The molecule has 0 radical (unpaired) electrons. The van der Waals surface area contributed by atoms with E-state index in [9.17, 15) is 0 Å². The second-order valence-corrected chi connectivity index (χ2v) is 6.66. The summed E-state index contributed by atoms with van der Waals surface area (Å²) in [5.41, 5.74) is 1.96. The zero-order valence-corrected chi connectivity index (χ0v) is 12.4. The number of hydrogen-bond acceptors (Lipinski definition) is 2. The van der Waals surface area contributed by atoms with E-state index >= 15 is 0 Å². The molecule has 0 bridgehead atoms. The van der Waals surface area contributed by atoms with Gasteiger partial charge in [-0.25, -0.2) is 0 Å². The van der Waals surface area contributed by atoms with Gasteiger partial charge < -0.3 is 10.2 Å². The second kappa shape index (κ2) is 5.43. The number of nitrogens with one attached hydrogen (secondary N) is 1. The molecule has 104 valence electrons. The number of likely N-dealkylation sites (tertiary alicyclic amines) is 1. The number of halogens is 1. The highest BCUT2D eigenvalue weighted by Gasteiger charge is 2.42. The molecular weight excluding hydrogens is 256 g/mol. The maximum Gasteiger partial charge on any atom is 0.0406 e. The molecular formula is C16H23ClN2. The molecule has 2 heterocycles. The van der Waals surface area contributed by atoms with Gasteiger partial charge in [0, 0.05) is 17.5 Å². The lowest BCUT2D eigenvalue weighted by molar-refractivity contribution is 0.0651. The predicted molar refractivity (Wildman–Crippen MR) is 80.8 cm³/mol. The predicted octanol–water partition coefficient (Wildman–Crippen LogP) is 3.13. The van der Waals surface area contributed by atoms with Gasteiger partial charge in [0.05, 0.1) is 0 Å². The summed E-state index contributed by atoms with van der Waals surface area (Å²) in [6, 6.07) is 8.52. The minimum atomic E-state index is 0.506. The SMILES string of the molecule is CN1CCC2(CCNCC2c2ccc(Cl)cc2)CC1. The van der Waals surface area contributed by atoms with Crippen LogP contribution < -0.4 is 5.32 Å². The van der Waals surface area contributed by atoms with Crippen molar-refractivity contribution in [2.75, 3.05) is 33.2 Å². The Morgan fingerprint density at radius 2 is 1.84 bits per heavy atom. The zero-order chi connectivity index (χ0) is 13.3. The Labute approximate surface area is 121 Å². The van der Waals surface area contributed by atoms with Crippen molar-refractivity contribution in [3.05, 3.63) is 34.9 Å². The van der Waals surface area contributed by atoms with Gasteiger partial charge in [0.25, 0.3) is 0 Å². The number of hydrogen-bond donors (Lipinski definition) is 1. The first-order valence-electron chi connectivity index (χ1n) is 7.34. The van der Waals surface area contributed by atoms with Crippen molar-refractivity contribution in [2.45, 2.75) is 25.2 Å². The van der Waals surface area contributed by atoms with Crippen LogP contribution in [0.25, 0.3) is 0 Å². The molecule has 1 atom stereocenters. The quantitative estimate of drug-likeness (QED) is 0.849. The smallest absolute Gasteiger partial charge is 0.0406 e. The summed E-state index contributed by atoms with van der Waals surface area (Å²) < 4.78 is 0. The van der Waals surface area contributed by atoms with E-state index in [-0.39, 0.29) is 0 Å². The van der Waals surface area contributed by atoms with Crippen molar-refractivity contribution >= 4 is 11.6 Å². The third-order valence-corrected chi connectivity index (χ3v) is 5.39. The Bertz CT molecular complexity index is 421. The van der Waals surface area contributed by atoms with E-state index in [1.807, 2.05) is 12.1 Å². The molecule has 0 aromatic heterocycles. The van der Waals surface area contributed by atoms with Crippen LogP contribution in [0.2, 0.25) is 5.02 Å². The van der Waals surface area contributed by atoms with E-state index in [1.54, 1.807) is 0 Å². The van der Waals surface area contributed by atoms with Gasteiger partial charge in [-0.05, 0) is 69.1 Å². The molecule has 3 rings (SSSR count). The van der Waals surface area contributed by atoms with E-state index in [0.29, 0.717) is 11.3 Å². The lowest BCUT2D eigenvalue weighted by Crippen LogP contribution is -2.49. The zero-order valence-electron chi connectivity index (χ0n) is 11.7. The third kappa shape index (κ3) is 2.67. The standard InChI is InChI=1S/C16H23ClN2/c1-19-10-7-16(8-11-19)6-9-18-12-15(16)13-2-4-14(17)5-3-13/h2-5,15,18H,6-12H2,1H3. The highest BCUT2D eigenvalue weighted by atomic mass is 35.5. The Balaban J connectivity index is 1.86. The normalized spacial score (nSPS) is 27.6. The first-order chi connectivity index (χ1) is 9.20. The fraction of sp³-hybridized carbons (Fsp3) is 0.625. The van der Waals surface area contributed by atoms with Crippen LogP contribution in [0.3, 0.4) is 0 Å². The van der Waals surface area contributed by atoms with Gasteiger partial charge in [0.1, 0.15) is 0 Å². The molecule has 0 saturated carbocycles. The van der Waals surface area contributed by atoms with Crippen LogP contribution in [-0.2, 0) is 0 Å². The summed E-state index contributed by atoms with van der Waals surface area (Å²) in [4.78, 5) is 2.46. The van der Waals surface area contributed by atoms with Gasteiger partial charge in [-0.3, -0.25) is 0 Å². The molecule has 0 aliphatic carbocycles. The minimum Gasteiger partial charge on any atom is -0.316 e. The molecule has 1 unspecified atom stereocenters. The maximum absolute atomic E-state index is 6.02. The van der Waals surface area contributed by atoms with Crippen molar-refractivity contribution < 1.29 is 0 Å². The molecule has 2 saturated heterocycles. The molecule has 3 heteroatoms. The van der Waals surface area contributed by atoms with Crippen molar-refractivity contribution in [3.63, 3.8) is 0 Å². The minimum absolute atomic E-state index is 0.506. The van der Waals surface area contributed by atoms with Crippen LogP contribution in [0.5, 0.6) is 0 Å². The van der Waals surface area contributed by atoms with Crippen molar-refractivity contribution in [1.29, 1.82) is 0 Å². The van der Waals surface area contributed by atoms with Crippen molar-refractivity contribution in [1.82, 2.24) is 10.2 Å². The first-order valence-corrected chi connectivity index (χ1v) is 7.72. The summed E-state index contributed by atoms with van der Waals surface area (Å²) in [6.45, 7) is 4.77. The van der Waals surface area contributed by atoms with Gasteiger partial charge in [-0.15, -0.1) is 0 Å². The van der Waals surface area contributed by atoms with Crippen LogP contribution >= 0.6 is 11.6 Å². The molecule has 19 heavy (non-hydrogen) atoms. The largest absolute Gasteiger partial charge is 0.316 e. The van der Waals surface area contributed by atoms with Gasteiger partial charge in [0.15, 0.2) is 0 Å². The van der Waals surface area contributed by atoms with Crippen LogP contribution in [0.4, 0.5) is 0 Å². The molecule has 1 spiro atoms. The van der Waals surface area contributed by atoms with E-state index in [2.05, 4.69) is 29.4 Å².